The van der Waals surface area contributed by atoms with Crippen molar-refractivity contribution in [3.63, 3.8) is 0 Å². The molecule has 0 bridgehead atoms. The van der Waals surface area contributed by atoms with E-state index in [4.69, 9.17) is 4.74 Å². The SMILES string of the molecule is CCCOc1ccccc1-c1ncc2cccc(C(=O)NCC)c2n1. The van der Waals surface area contributed by atoms with Crippen molar-refractivity contribution in [2.24, 2.45) is 0 Å². The third-order valence-electron chi connectivity index (χ3n) is 3.78. The molecule has 1 aromatic heterocycles. The molecule has 2 aromatic carbocycles. The number of carbonyl (C=O) groups is 1. The van der Waals surface area contributed by atoms with Crippen molar-refractivity contribution in [2.45, 2.75) is 20.3 Å². The summed E-state index contributed by atoms with van der Waals surface area (Å²) in [5.41, 5.74) is 2.02. The Labute approximate surface area is 147 Å². The molecule has 1 heterocycles. The number of carbonyl (C=O) groups excluding carboxylic acids is 1. The fourth-order valence-corrected chi connectivity index (χ4v) is 2.61. The Kier molecular flexibility index (Phi) is 5.23. The van der Waals surface area contributed by atoms with Crippen molar-refractivity contribution in [3.05, 3.63) is 54.2 Å². The molecule has 0 atom stereocenters. The zero-order valence-electron chi connectivity index (χ0n) is 14.5. The van der Waals surface area contributed by atoms with Crippen LogP contribution in [0.5, 0.6) is 5.75 Å². The van der Waals surface area contributed by atoms with Gasteiger partial charge in [-0.15, -0.1) is 0 Å². The zero-order chi connectivity index (χ0) is 17.6. The summed E-state index contributed by atoms with van der Waals surface area (Å²) >= 11 is 0. The van der Waals surface area contributed by atoms with Crippen LogP contribution in [0, 0.1) is 0 Å². The Morgan fingerprint density at radius 3 is 2.76 bits per heavy atom. The van der Waals surface area contributed by atoms with Crippen molar-refractivity contribution >= 4 is 16.8 Å². The molecule has 5 nitrogen and oxygen atoms in total. The summed E-state index contributed by atoms with van der Waals surface area (Å²) in [4.78, 5) is 21.5. The van der Waals surface area contributed by atoms with Gasteiger partial charge in [0.25, 0.3) is 5.91 Å². The van der Waals surface area contributed by atoms with E-state index in [1.807, 2.05) is 43.3 Å². The number of fused-ring (bicyclic) bond motifs is 1. The summed E-state index contributed by atoms with van der Waals surface area (Å²) in [5.74, 6) is 1.17. The largest absolute Gasteiger partial charge is 0.493 e. The number of aromatic nitrogens is 2. The molecule has 1 amide bonds. The van der Waals surface area contributed by atoms with Crippen molar-refractivity contribution in [1.82, 2.24) is 15.3 Å². The van der Waals surface area contributed by atoms with Gasteiger partial charge in [0.15, 0.2) is 5.82 Å². The van der Waals surface area contributed by atoms with Gasteiger partial charge in [-0.1, -0.05) is 31.2 Å². The first-order chi connectivity index (χ1) is 12.2. The molecule has 0 spiro atoms. The predicted octanol–water partition coefficient (Wildman–Crippen LogP) is 3.84. The van der Waals surface area contributed by atoms with Gasteiger partial charge < -0.3 is 10.1 Å². The van der Waals surface area contributed by atoms with Crippen LogP contribution in [0.15, 0.2) is 48.7 Å². The van der Waals surface area contributed by atoms with Gasteiger partial charge in [-0.05, 0) is 31.5 Å². The molecule has 3 aromatic rings. The van der Waals surface area contributed by atoms with Gasteiger partial charge in [-0.2, -0.15) is 0 Å². The molecule has 3 rings (SSSR count). The Hall–Kier alpha value is -2.95. The van der Waals surface area contributed by atoms with E-state index in [1.165, 1.54) is 0 Å². The van der Waals surface area contributed by atoms with Crippen LogP contribution in [-0.4, -0.2) is 29.0 Å². The number of nitrogens with zero attached hydrogens (tertiary/aromatic N) is 2. The minimum atomic E-state index is -0.131. The number of hydrogen-bond acceptors (Lipinski definition) is 4. The molecule has 0 fully saturated rings. The number of amides is 1. The molecular formula is C20H21N3O2. The lowest BCUT2D eigenvalue weighted by atomic mass is 10.1. The minimum Gasteiger partial charge on any atom is -0.493 e. The number of benzene rings is 2. The van der Waals surface area contributed by atoms with Crippen LogP contribution in [0.2, 0.25) is 0 Å². The second-order valence-electron chi connectivity index (χ2n) is 5.64. The number of hydrogen-bond donors (Lipinski definition) is 1. The van der Waals surface area contributed by atoms with Gasteiger partial charge in [-0.25, -0.2) is 9.97 Å². The highest BCUT2D eigenvalue weighted by atomic mass is 16.5. The Balaban J connectivity index is 2.10. The molecule has 0 saturated carbocycles. The fourth-order valence-electron chi connectivity index (χ4n) is 2.61. The molecule has 0 aliphatic carbocycles. The normalized spacial score (nSPS) is 10.6. The predicted molar refractivity (Wildman–Crippen MR) is 98.8 cm³/mol. The lowest BCUT2D eigenvalue weighted by Crippen LogP contribution is -2.23. The van der Waals surface area contributed by atoms with Crippen LogP contribution in [0.4, 0.5) is 0 Å². The molecule has 25 heavy (non-hydrogen) atoms. The molecule has 0 unspecified atom stereocenters. The van der Waals surface area contributed by atoms with Crippen LogP contribution >= 0.6 is 0 Å². The summed E-state index contributed by atoms with van der Waals surface area (Å²) in [6, 6.07) is 13.2. The van der Waals surface area contributed by atoms with E-state index < -0.39 is 0 Å². The fraction of sp³-hybridized carbons (Fsp3) is 0.250. The van der Waals surface area contributed by atoms with E-state index in [2.05, 4.69) is 22.2 Å². The molecular weight excluding hydrogens is 314 g/mol. The van der Waals surface area contributed by atoms with Crippen molar-refractivity contribution < 1.29 is 9.53 Å². The average Bonchev–Trinajstić information content (AvgIpc) is 2.66. The smallest absolute Gasteiger partial charge is 0.253 e. The molecule has 5 heteroatoms. The van der Waals surface area contributed by atoms with E-state index in [0.29, 0.717) is 30.1 Å². The summed E-state index contributed by atoms with van der Waals surface area (Å²) in [6.07, 6.45) is 2.67. The summed E-state index contributed by atoms with van der Waals surface area (Å²) in [5, 5.41) is 3.66. The molecule has 0 aliphatic heterocycles. The second kappa shape index (κ2) is 7.75. The molecule has 0 aliphatic rings. The van der Waals surface area contributed by atoms with Gasteiger partial charge >= 0.3 is 0 Å². The third kappa shape index (κ3) is 3.60. The minimum absolute atomic E-state index is 0.131. The van der Waals surface area contributed by atoms with E-state index in [-0.39, 0.29) is 5.91 Å². The van der Waals surface area contributed by atoms with Gasteiger partial charge in [0.1, 0.15) is 5.75 Å². The van der Waals surface area contributed by atoms with Crippen LogP contribution < -0.4 is 10.1 Å². The van der Waals surface area contributed by atoms with Crippen LogP contribution in [-0.2, 0) is 0 Å². The molecule has 0 saturated heterocycles. The number of rotatable bonds is 6. The zero-order valence-corrected chi connectivity index (χ0v) is 14.5. The second-order valence-corrected chi connectivity index (χ2v) is 5.64. The van der Waals surface area contributed by atoms with E-state index in [1.54, 1.807) is 12.3 Å². The van der Waals surface area contributed by atoms with Gasteiger partial charge in [0.05, 0.1) is 23.3 Å². The van der Waals surface area contributed by atoms with E-state index in [9.17, 15) is 4.79 Å². The Morgan fingerprint density at radius 2 is 1.96 bits per heavy atom. The van der Waals surface area contributed by atoms with Crippen LogP contribution in [0.25, 0.3) is 22.3 Å². The van der Waals surface area contributed by atoms with Gasteiger partial charge in [0, 0.05) is 18.1 Å². The first kappa shape index (κ1) is 16.9. The summed E-state index contributed by atoms with van der Waals surface area (Å²) in [7, 11) is 0. The summed E-state index contributed by atoms with van der Waals surface area (Å²) < 4.78 is 5.81. The maximum atomic E-state index is 12.3. The maximum Gasteiger partial charge on any atom is 0.253 e. The highest BCUT2D eigenvalue weighted by Crippen LogP contribution is 2.29. The number of ether oxygens (including phenoxy) is 1. The molecule has 0 radical (unpaired) electrons. The van der Waals surface area contributed by atoms with Crippen molar-refractivity contribution in [3.8, 4) is 17.1 Å². The van der Waals surface area contributed by atoms with Crippen LogP contribution in [0.1, 0.15) is 30.6 Å². The maximum absolute atomic E-state index is 12.3. The van der Waals surface area contributed by atoms with Crippen molar-refractivity contribution in [1.29, 1.82) is 0 Å². The first-order valence-electron chi connectivity index (χ1n) is 8.50. The summed E-state index contributed by atoms with van der Waals surface area (Å²) in [6.45, 7) is 5.16. The molecule has 128 valence electrons. The van der Waals surface area contributed by atoms with Crippen LogP contribution in [0.3, 0.4) is 0 Å². The van der Waals surface area contributed by atoms with E-state index >= 15 is 0 Å². The van der Waals surface area contributed by atoms with Gasteiger partial charge in [-0.3, -0.25) is 4.79 Å². The quantitative estimate of drug-likeness (QED) is 0.743. The average molecular weight is 335 g/mol. The van der Waals surface area contributed by atoms with E-state index in [0.717, 1.165) is 23.1 Å². The monoisotopic (exact) mass is 335 g/mol. The molecule has 1 N–H and O–H groups in total. The number of nitrogens with one attached hydrogen (secondary N) is 1. The Bertz CT molecular complexity index is 893. The van der Waals surface area contributed by atoms with Crippen molar-refractivity contribution in [2.75, 3.05) is 13.2 Å². The van der Waals surface area contributed by atoms with Gasteiger partial charge in [0.2, 0.25) is 0 Å². The highest BCUT2D eigenvalue weighted by Gasteiger charge is 2.14. The standard InChI is InChI=1S/C20H21N3O2/c1-3-12-25-17-11-6-5-9-15(17)19-22-13-14-8-7-10-16(18(14)23-19)20(24)21-4-2/h5-11,13H,3-4,12H2,1-2H3,(H,21,24). The lowest BCUT2D eigenvalue weighted by Gasteiger charge is -2.11. The topological polar surface area (TPSA) is 64.1 Å². The number of para-hydroxylation sites is 2. The third-order valence-corrected chi connectivity index (χ3v) is 3.78. The lowest BCUT2D eigenvalue weighted by molar-refractivity contribution is 0.0957. The Morgan fingerprint density at radius 1 is 1.12 bits per heavy atom. The highest BCUT2D eigenvalue weighted by molar-refractivity contribution is 6.05. The first-order valence-corrected chi connectivity index (χ1v) is 8.50.